The van der Waals surface area contributed by atoms with Crippen molar-refractivity contribution < 1.29 is 124 Å². The van der Waals surface area contributed by atoms with Crippen molar-refractivity contribution in [2.45, 2.75) is 110 Å². The Hall–Kier alpha value is -2.88. The number of hydrogen-bond donors (Lipinski definition) is 2. The number of nitrogens with one attached hydrogen (secondary N) is 2. The summed E-state index contributed by atoms with van der Waals surface area (Å²) in [6, 6.07) is 0. The Morgan fingerprint density at radius 1 is 0.288 bits per heavy atom. The number of unbranched alkanes of at least 4 members (excludes halogenated alkanes) is 5. The van der Waals surface area contributed by atoms with Crippen molar-refractivity contribution in [1.29, 1.82) is 0 Å². The number of rotatable bonds is 19. The number of amides is 2. The first-order valence-electron chi connectivity index (χ1n) is 13.0. The van der Waals surface area contributed by atoms with E-state index in [9.17, 15) is 124 Å². The molecule has 0 aliphatic rings. The van der Waals surface area contributed by atoms with E-state index in [4.69, 9.17) is 0 Å². The quantitative estimate of drug-likeness (QED) is 0.101. The Morgan fingerprint density at radius 3 is 0.692 bits per heavy atom. The van der Waals surface area contributed by atoms with Crippen LogP contribution in [0.3, 0.4) is 0 Å². The van der Waals surface area contributed by atoms with Gasteiger partial charge in [-0.25, -0.2) is 0 Å². The van der Waals surface area contributed by atoms with Crippen LogP contribution in [0.5, 0.6) is 0 Å². The second-order valence-corrected chi connectivity index (χ2v) is 10.4. The lowest BCUT2D eigenvalue weighted by Gasteiger charge is -2.39. The molecule has 2 N–H and O–H groups in total. The van der Waals surface area contributed by atoms with Crippen LogP contribution in [0.2, 0.25) is 0 Å². The summed E-state index contributed by atoms with van der Waals surface area (Å²) in [5, 5.41) is 1.55. The van der Waals surface area contributed by atoms with Crippen molar-refractivity contribution in [3.8, 4) is 0 Å². The summed E-state index contributed by atoms with van der Waals surface area (Å²) < 4.78 is 339. The smallest absolute Gasteiger partial charge is 0.351 e. The SMILES string of the molecule is O=C(NCCCCCCCCNC(=O)C(F)(F)C(F)(F)C(F)(F)C(F)(F)C(F)(F)C(F)(F)F)C(F)(F)C(F)(F)C(F)(F)C(F)(F)C(F)(F)C(F)(F)F. The molecule has 52 heavy (non-hydrogen) atoms. The predicted octanol–water partition coefficient (Wildman–Crippen LogP) is 9.04. The van der Waals surface area contributed by atoms with E-state index in [0.717, 1.165) is 10.6 Å². The number of halogens is 26. The summed E-state index contributed by atoms with van der Waals surface area (Å²) in [5.74, 6) is -86.0. The molecule has 0 aliphatic carbocycles. The molecule has 0 aromatic rings. The van der Waals surface area contributed by atoms with Gasteiger partial charge in [-0.2, -0.15) is 114 Å². The van der Waals surface area contributed by atoms with Crippen LogP contribution in [-0.2, 0) is 9.59 Å². The Morgan fingerprint density at radius 2 is 0.481 bits per heavy atom. The molecular weight excluding hydrogens is 818 g/mol. The van der Waals surface area contributed by atoms with E-state index in [0.29, 0.717) is 0 Å². The lowest BCUT2D eigenvalue weighted by Crippen LogP contribution is -2.72. The first kappa shape index (κ1) is 49.1. The third kappa shape index (κ3) is 7.97. The van der Waals surface area contributed by atoms with Crippen molar-refractivity contribution >= 4 is 11.8 Å². The Labute approximate surface area is 270 Å². The van der Waals surface area contributed by atoms with Crippen LogP contribution in [-0.4, -0.2) is 96.5 Å². The van der Waals surface area contributed by atoms with Gasteiger partial charge in [-0.15, -0.1) is 0 Å². The average molecular weight is 836 g/mol. The van der Waals surface area contributed by atoms with Crippen LogP contribution in [0.15, 0.2) is 0 Å². The normalized spacial score (nSPS) is 15.5. The van der Waals surface area contributed by atoms with Gasteiger partial charge in [0.05, 0.1) is 0 Å². The summed E-state index contributed by atoms with van der Waals surface area (Å²) in [6.07, 6.45) is -17.7. The van der Waals surface area contributed by atoms with Crippen molar-refractivity contribution in [2.24, 2.45) is 0 Å². The molecule has 30 heteroatoms. The zero-order chi connectivity index (χ0) is 42.2. The van der Waals surface area contributed by atoms with E-state index >= 15 is 0 Å². The molecule has 4 nitrogen and oxygen atoms in total. The van der Waals surface area contributed by atoms with Gasteiger partial charge in [0.2, 0.25) is 0 Å². The monoisotopic (exact) mass is 836 g/mol. The van der Waals surface area contributed by atoms with E-state index < -0.39 is 109 Å². The summed E-state index contributed by atoms with van der Waals surface area (Å²) in [6.45, 7) is -2.47. The van der Waals surface area contributed by atoms with Crippen LogP contribution in [0, 0.1) is 0 Å². The van der Waals surface area contributed by atoms with Crippen LogP contribution in [0.25, 0.3) is 0 Å². The minimum absolute atomic E-state index is 0.212. The van der Waals surface area contributed by atoms with Crippen molar-refractivity contribution in [3.63, 3.8) is 0 Å². The minimum atomic E-state index is -8.24. The molecule has 0 radical (unpaired) electrons. The van der Waals surface area contributed by atoms with E-state index in [-0.39, 0.29) is 25.7 Å². The molecule has 2 amide bonds. The van der Waals surface area contributed by atoms with Gasteiger partial charge in [-0.3, -0.25) is 9.59 Å². The molecule has 0 unspecified atom stereocenters. The summed E-state index contributed by atoms with van der Waals surface area (Å²) >= 11 is 0. The number of carbonyl (C=O) groups is 2. The lowest BCUT2D eigenvalue weighted by molar-refractivity contribution is -0.436. The van der Waals surface area contributed by atoms with Crippen molar-refractivity contribution in [1.82, 2.24) is 10.6 Å². The predicted molar refractivity (Wildman–Crippen MR) is 115 cm³/mol. The molecule has 0 aromatic carbocycles. The third-order valence-electron chi connectivity index (χ3n) is 6.61. The minimum Gasteiger partial charge on any atom is -0.351 e. The molecule has 0 fully saturated rings. The Kier molecular flexibility index (Phi) is 13.9. The molecule has 0 atom stereocenters. The Bertz CT molecular complexity index is 1140. The number of carbonyl (C=O) groups excluding carboxylic acids is 2. The topological polar surface area (TPSA) is 58.2 Å². The molecule has 0 saturated heterocycles. The van der Waals surface area contributed by atoms with Gasteiger partial charge in [0.15, 0.2) is 0 Å². The fraction of sp³-hybridized carbons (Fsp3) is 0.909. The molecule has 0 heterocycles. The lowest BCUT2D eigenvalue weighted by atomic mass is 9.93. The highest BCUT2D eigenvalue weighted by atomic mass is 19.4. The molecule has 0 aromatic heterocycles. The maximum atomic E-state index is 13.7. The van der Waals surface area contributed by atoms with Gasteiger partial charge < -0.3 is 10.6 Å². The highest BCUT2D eigenvalue weighted by molar-refractivity contribution is 5.85. The van der Waals surface area contributed by atoms with Crippen LogP contribution < -0.4 is 10.6 Å². The molecule has 0 saturated carbocycles. The third-order valence-corrected chi connectivity index (χ3v) is 6.61. The van der Waals surface area contributed by atoms with E-state index in [1.165, 1.54) is 0 Å². The zero-order valence-corrected chi connectivity index (χ0v) is 24.3. The van der Waals surface area contributed by atoms with Gasteiger partial charge in [-0.05, 0) is 12.8 Å². The number of alkyl halides is 26. The van der Waals surface area contributed by atoms with Gasteiger partial charge in [0.25, 0.3) is 11.8 Å². The fourth-order valence-electron chi connectivity index (χ4n) is 3.41. The fourth-order valence-corrected chi connectivity index (χ4v) is 3.41. The van der Waals surface area contributed by atoms with E-state index in [2.05, 4.69) is 0 Å². The van der Waals surface area contributed by atoms with Gasteiger partial charge in [0.1, 0.15) is 0 Å². The van der Waals surface area contributed by atoms with Gasteiger partial charge in [0, 0.05) is 13.1 Å². The second kappa shape index (κ2) is 14.7. The highest BCUT2D eigenvalue weighted by Crippen LogP contribution is 2.61. The molecule has 0 rings (SSSR count). The molecular formula is C22H18F26N2O2. The molecule has 310 valence electrons. The first-order valence-corrected chi connectivity index (χ1v) is 13.0. The van der Waals surface area contributed by atoms with Crippen LogP contribution in [0.4, 0.5) is 114 Å². The van der Waals surface area contributed by atoms with Crippen molar-refractivity contribution in [3.05, 3.63) is 0 Å². The maximum absolute atomic E-state index is 13.7. The molecule has 0 bridgehead atoms. The highest BCUT2D eigenvalue weighted by Gasteiger charge is 2.93. The largest absolute Gasteiger partial charge is 0.460 e. The summed E-state index contributed by atoms with van der Waals surface area (Å²) in [4.78, 5) is 22.6. The average Bonchev–Trinajstić information content (AvgIpc) is 2.95. The second-order valence-electron chi connectivity index (χ2n) is 10.4. The van der Waals surface area contributed by atoms with E-state index in [1.54, 1.807) is 0 Å². The molecule has 0 aliphatic heterocycles. The van der Waals surface area contributed by atoms with Gasteiger partial charge >= 0.3 is 71.6 Å². The van der Waals surface area contributed by atoms with E-state index in [1.807, 2.05) is 0 Å². The summed E-state index contributed by atoms with van der Waals surface area (Å²) in [7, 11) is 0. The maximum Gasteiger partial charge on any atom is 0.460 e. The standard InChI is InChI=1S/C22H18F26N2O2/c23-11(24,13(27,28)15(31,32)17(35,36)19(39,40)21(43,44)45)9(51)49-7-5-3-1-2-4-6-8-50-10(52)12(25,26)14(29,30)16(33,34)18(37,38)20(41,42)22(46,47)48/h1-8H2,(H,49,51)(H,50,52). The van der Waals surface area contributed by atoms with Gasteiger partial charge in [-0.1, -0.05) is 25.7 Å². The Balaban J connectivity index is 5.08. The number of hydrogen-bond acceptors (Lipinski definition) is 2. The molecule has 0 spiro atoms. The summed E-state index contributed by atoms with van der Waals surface area (Å²) in [5.41, 5.74) is 0. The first-order chi connectivity index (χ1) is 22.5. The van der Waals surface area contributed by atoms with Crippen LogP contribution >= 0.6 is 0 Å². The zero-order valence-electron chi connectivity index (χ0n) is 24.3. The van der Waals surface area contributed by atoms with Crippen LogP contribution in [0.1, 0.15) is 38.5 Å². The van der Waals surface area contributed by atoms with Crippen molar-refractivity contribution in [2.75, 3.05) is 13.1 Å².